The molecule has 1 aliphatic rings. The quantitative estimate of drug-likeness (QED) is 0.714. The fourth-order valence-electron chi connectivity index (χ4n) is 1.86. The highest BCUT2D eigenvalue weighted by atomic mass is 32.2. The lowest BCUT2D eigenvalue weighted by molar-refractivity contribution is 0.178. The predicted molar refractivity (Wildman–Crippen MR) is 63.8 cm³/mol. The maximum absolute atomic E-state index is 9.39. The molecule has 1 heterocycles. The Kier molecular flexibility index (Phi) is 4.45. The van der Waals surface area contributed by atoms with E-state index < -0.39 is 5.54 Å². The Morgan fingerprint density at radius 3 is 2.80 bits per heavy atom. The second kappa shape index (κ2) is 5.20. The molecule has 1 atom stereocenters. The second-order valence-corrected chi connectivity index (χ2v) is 5.81. The first-order valence-corrected chi connectivity index (χ1v) is 6.58. The summed E-state index contributed by atoms with van der Waals surface area (Å²) in [7, 11) is 0. The van der Waals surface area contributed by atoms with Gasteiger partial charge in [-0.1, -0.05) is 13.8 Å². The first-order chi connectivity index (χ1) is 7.08. The smallest absolute Gasteiger partial charge is 0.121 e. The summed E-state index contributed by atoms with van der Waals surface area (Å²) in [6, 6.07) is 2.45. The average Bonchev–Trinajstić information content (AvgIpc) is 2.21. The predicted octanol–water partition coefficient (Wildman–Crippen LogP) is 1.38. The van der Waals surface area contributed by atoms with Gasteiger partial charge in [-0.25, -0.2) is 0 Å². The van der Waals surface area contributed by atoms with Crippen LogP contribution >= 0.6 is 11.8 Å². The van der Waals surface area contributed by atoms with E-state index in [1.54, 1.807) is 0 Å². The van der Waals surface area contributed by atoms with E-state index >= 15 is 0 Å². The maximum Gasteiger partial charge on any atom is 0.121 e. The largest absolute Gasteiger partial charge is 0.396 e. The number of thioether (sulfide) groups is 1. The van der Waals surface area contributed by atoms with Crippen molar-refractivity contribution in [2.75, 3.05) is 24.7 Å². The van der Waals surface area contributed by atoms with Crippen LogP contribution in [0.15, 0.2) is 0 Å². The van der Waals surface area contributed by atoms with Crippen LogP contribution in [0.25, 0.3) is 0 Å². The molecule has 0 bridgehead atoms. The highest BCUT2D eigenvalue weighted by Gasteiger charge is 2.47. The number of aliphatic hydroxyl groups excluding tert-OH is 1. The molecule has 1 aliphatic heterocycles. The molecule has 0 aromatic carbocycles. The van der Waals surface area contributed by atoms with Crippen LogP contribution in [0.3, 0.4) is 0 Å². The van der Waals surface area contributed by atoms with E-state index in [-0.39, 0.29) is 12.0 Å². The molecule has 1 rings (SSSR count). The van der Waals surface area contributed by atoms with Crippen LogP contribution in [0.2, 0.25) is 0 Å². The van der Waals surface area contributed by atoms with Gasteiger partial charge < -0.3 is 5.11 Å². The number of rotatable bonds is 4. The summed E-state index contributed by atoms with van der Waals surface area (Å²) in [6.45, 7) is 5.21. The second-order valence-electron chi connectivity index (χ2n) is 4.71. The van der Waals surface area contributed by atoms with Crippen molar-refractivity contribution < 1.29 is 5.11 Å². The Labute approximate surface area is 96.2 Å². The van der Waals surface area contributed by atoms with Crippen LogP contribution in [-0.4, -0.2) is 35.3 Å². The molecule has 1 fully saturated rings. The van der Waals surface area contributed by atoms with Crippen molar-refractivity contribution >= 4 is 11.8 Å². The first-order valence-electron chi connectivity index (χ1n) is 5.43. The Morgan fingerprint density at radius 2 is 2.27 bits per heavy atom. The molecule has 2 N–H and O–H groups in total. The lowest BCUT2D eigenvalue weighted by atomic mass is 9.71. The Balaban J connectivity index is 2.68. The number of nitrogens with zero attached hydrogens (tertiary/aromatic N) is 1. The highest BCUT2D eigenvalue weighted by molar-refractivity contribution is 7.99. The summed E-state index contributed by atoms with van der Waals surface area (Å²) in [5.74, 6) is 1.99. The SMILES string of the molecule is CC1(C)CCSCC1(C#N)NCCCO. The minimum atomic E-state index is -0.426. The van der Waals surface area contributed by atoms with Gasteiger partial charge in [-0.05, 0) is 30.6 Å². The number of nitrogens with one attached hydrogen (secondary N) is 1. The van der Waals surface area contributed by atoms with Crippen LogP contribution in [-0.2, 0) is 0 Å². The van der Waals surface area contributed by atoms with Gasteiger partial charge in [0.15, 0.2) is 0 Å². The van der Waals surface area contributed by atoms with Gasteiger partial charge in [0.2, 0.25) is 0 Å². The lowest BCUT2D eigenvalue weighted by Gasteiger charge is -2.45. The first kappa shape index (κ1) is 12.8. The van der Waals surface area contributed by atoms with Crippen LogP contribution < -0.4 is 5.32 Å². The molecule has 0 saturated carbocycles. The Hall–Kier alpha value is -0.240. The Morgan fingerprint density at radius 1 is 1.53 bits per heavy atom. The zero-order valence-corrected chi connectivity index (χ0v) is 10.4. The van der Waals surface area contributed by atoms with Crippen molar-refractivity contribution in [3.05, 3.63) is 0 Å². The number of hydrogen-bond donors (Lipinski definition) is 2. The van der Waals surface area contributed by atoms with Gasteiger partial charge >= 0.3 is 0 Å². The summed E-state index contributed by atoms with van der Waals surface area (Å²) in [4.78, 5) is 0. The molecule has 0 aromatic rings. The molecular formula is C11H20N2OS. The number of nitriles is 1. The van der Waals surface area contributed by atoms with E-state index in [2.05, 4.69) is 25.2 Å². The van der Waals surface area contributed by atoms with Crippen molar-refractivity contribution in [1.82, 2.24) is 5.32 Å². The van der Waals surface area contributed by atoms with Crippen LogP contribution in [0, 0.1) is 16.7 Å². The minimum Gasteiger partial charge on any atom is -0.396 e. The third kappa shape index (κ3) is 2.66. The van der Waals surface area contributed by atoms with Crippen molar-refractivity contribution in [2.45, 2.75) is 32.2 Å². The van der Waals surface area contributed by atoms with Gasteiger partial charge in [0.25, 0.3) is 0 Å². The highest BCUT2D eigenvalue weighted by Crippen LogP contribution is 2.41. The van der Waals surface area contributed by atoms with Crippen molar-refractivity contribution in [3.63, 3.8) is 0 Å². The summed E-state index contributed by atoms with van der Waals surface area (Å²) >= 11 is 1.84. The van der Waals surface area contributed by atoms with Crippen LogP contribution in [0.5, 0.6) is 0 Å². The summed E-state index contributed by atoms with van der Waals surface area (Å²) in [6.07, 6.45) is 1.78. The molecule has 0 spiro atoms. The molecule has 0 aromatic heterocycles. The number of aliphatic hydroxyl groups is 1. The standard InChI is InChI=1S/C11H20N2OS/c1-10(2)4-7-15-9-11(10,8-12)13-5-3-6-14/h13-14H,3-7,9H2,1-2H3. The van der Waals surface area contributed by atoms with E-state index in [1.165, 1.54) is 0 Å². The van der Waals surface area contributed by atoms with E-state index in [4.69, 9.17) is 5.11 Å². The summed E-state index contributed by atoms with van der Waals surface area (Å²) in [5, 5.41) is 21.5. The fourth-order valence-corrected chi connectivity index (χ4v) is 3.52. The topological polar surface area (TPSA) is 56.0 Å². The van der Waals surface area contributed by atoms with Gasteiger partial charge in [-0.2, -0.15) is 17.0 Å². The van der Waals surface area contributed by atoms with E-state index in [9.17, 15) is 5.26 Å². The normalized spacial score (nSPS) is 29.7. The molecule has 0 radical (unpaired) electrons. The molecule has 3 nitrogen and oxygen atoms in total. The van der Waals surface area contributed by atoms with Crippen molar-refractivity contribution in [1.29, 1.82) is 5.26 Å². The maximum atomic E-state index is 9.39. The van der Waals surface area contributed by atoms with Gasteiger partial charge in [-0.3, -0.25) is 5.32 Å². The zero-order valence-electron chi connectivity index (χ0n) is 9.55. The van der Waals surface area contributed by atoms with Gasteiger partial charge in [0.05, 0.1) is 6.07 Å². The molecule has 1 unspecified atom stereocenters. The molecule has 86 valence electrons. The molecule has 1 saturated heterocycles. The Bertz CT molecular complexity index is 249. The van der Waals surface area contributed by atoms with E-state index in [0.29, 0.717) is 13.0 Å². The molecular weight excluding hydrogens is 208 g/mol. The van der Waals surface area contributed by atoms with Crippen molar-refractivity contribution in [2.24, 2.45) is 5.41 Å². The monoisotopic (exact) mass is 228 g/mol. The van der Waals surface area contributed by atoms with Crippen molar-refractivity contribution in [3.8, 4) is 6.07 Å². The summed E-state index contributed by atoms with van der Waals surface area (Å²) in [5.41, 5.74) is -0.409. The van der Waals surface area contributed by atoms with Crippen LogP contribution in [0.1, 0.15) is 26.7 Å². The minimum absolute atomic E-state index is 0.0163. The van der Waals surface area contributed by atoms with Gasteiger partial charge in [-0.15, -0.1) is 0 Å². The molecule has 0 aliphatic carbocycles. The third-order valence-corrected chi connectivity index (χ3v) is 4.43. The average molecular weight is 228 g/mol. The zero-order chi connectivity index (χ0) is 11.4. The van der Waals surface area contributed by atoms with Gasteiger partial charge in [0.1, 0.15) is 5.54 Å². The number of hydrogen-bond acceptors (Lipinski definition) is 4. The molecule has 0 amide bonds. The van der Waals surface area contributed by atoms with E-state index in [0.717, 1.165) is 17.9 Å². The lowest BCUT2D eigenvalue weighted by Crippen LogP contribution is -2.59. The molecule has 15 heavy (non-hydrogen) atoms. The fraction of sp³-hybridized carbons (Fsp3) is 0.909. The van der Waals surface area contributed by atoms with E-state index in [1.807, 2.05) is 11.8 Å². The van der Waals surface area contributed by atoms with Crippen LogP contribution in [0.4, 0.5) is 0 Å². The third-order valence-electron chi connectivity index (χ3n) is 3.30. The molecule has 4 heteroatoms. The summed E-state index contributed by atoms with van der Waals surface area (Å²) < 4.78 is 0. The van der Waals surface area contributed by atoms with Gasteiger partial charge in [0, 0.05) is 12.4 Å².